The van der Waals surface area contributed by atoms with Gasteiger partial charge >= 0.3 is 0 Å². The number of hydrogen-bond acceptors (Lipinski definition) is 7. The number of morpholine rings is 1. The van der Waals surface area contributed by atoms with Crippen LogP contribution in [0.4, 0.5) is 0 Å². The maximum atomic E-state index is 13.1. The maximum absolute atomic E-state index is 13.1. The molecule has 0 atom stereocenters. The highest BCUT2D eigenvalue weighted by atomic mass is 16.5. The number of carbonyl (C=O) groups is 1. The minimum absolute atomic E-state index is 0.113. The lowest BCUT2D eigenvalue weighted by molar-refractivity contribution is 0.0359. The minimum Gasteiger partial charge on any atom is -0.493 e. The normalized spacial score (nSPS) is 17.8. The van der Waals surface area contributed by atoms with Crippen LogP contribution in [-0.2, 0) is 17.8 Å². The van der Waals surface area contributed by atoms with Crippen molar-refractivity contribution in [3.8, 4) is 11.5 Å². The van der Waals surface area contributed by atoms with Crippen LogP contribution in [0.3, 0.4) is 0 Å². The highest BCUT2D eigenvalue weighted by Gasteiger charge is 2.24. The number of hydrogen-bond donors (Lipinski definition) is 0. The van der Waals surface area contributed by atoms with Crippen LogP contribution in [0.1, 0.15) is 22.5 Å². The number of aromatic nitrogens is 3. The first-order valence-electron chi connectivity index (χ1n) is 10.0. The van der Waals surface area contributed by atoms with Gasteiger partial charge in [-0.05, 0) is 12.5 Å². The van der Waals surface area contributed by atoms with Gasteiger partial charge in [0.05, 0.1) is 39.7 Å². The molecule has 0 spiro atoms. The summed E-state index contributed by atoms with van der Waals surface area (Å²) in [6.07, 6.45) is 2.49. The first-order chi connectivity index (χ1) is 14.2. The fraction of sp³-hybridized carbons (Fsp3) is 0.550. The maximum Gasteiger partial charge on any atom is 0.276 e. The van der Waals surface area contributed by atoms with Gasteiger partial charge in [0.1, 0.15) is 0 Å². The number of rotatable bonds is 5. The van der Waals surface area contributed by atoms with Crippen molar-refractivity contribution < 1.29 is 19.0 Å². The molecular weight excluding hydrogens is 374 g/mol. The Hall–Kier alpha value is -2.65. The standard InChI is InChI=1S/C20H27N5O4/c1-27-18-5-2-4-16-14-24(6-3-11-29-19(16)18)20(26)17-15-25(22-21-17)8-7-23-9-12-28-13-10-23/h2,4-5,15H,3,6-14H2,1H3. The number of ether oxygens (including phenoxy) is 3. The number of nitrogens with zero attached hydrogens (tertiary/aromatic N) is 5. The summed E-state index contributed by atoms with van der Waals surface area (Å²) >= 11 is 0. The molecule has 29 heavy (non-hydrogen) atoms. The van der Waals surface area contributed by atoms with Gasteiger partial charge in [0, 0.05) is 38.3 Å². The van der Waals surface area contributed by atoms with E-state index in [1.165, 1.54) is 0 Å². The van der Waals surface area contributed by atoms with Gasteiger partial charge in [-0.2, -0.15) is 0 Å². The molecule has 4 rings (SSSR count). The molecular formula is C20H27N5O4. The van der Waals surface area contributed by atoms with E-state index in [0.717, 1.165) is 44.8 Å². The zero-order chi connectivity index (χ0) is 20.1. The van der Waals surface area contributed by atoms with Crippen LogP contribution in [0.2, 0.25) is 0 Å². The summed E-state index contributed by atoms with van der Waals surface area (Å²) < 4.78 is 18.4. The van der Waals surface area contributed by atoms with E-state index in [1.807, 2.05) is 18.2 Å². The first-order valence-corrected chi connectivity index (χ1v) is 10.0. The molecule has 2 aliphatic heterocycles. The zero-order valence-corrected chi connectivity index (χ0v) is 16.7. The number of benzene rings is 1. The summed E-state index contributed by atoms with van der Waals surface area (Å²) in [4.78, 5) is 17.2. The molecule has 1 amide bonds. The van der Waals surface area contributed by atoms with Gasteiger partial charge in [-0.15, -0.1) is 5.10 Å². The van der Waals surface area contributed by atoms with E-state index >= 15 is 0 Å². The molecule has 156 valence electrons. The molecule has 1 aromatic carbocycles. The molecule has 2 aromatic rings. The molecule has 0 saturated carbocycles. The minimum atomic E-state index is -0.113. The van der Waals surface area contributed by atoms with Crippen molar-refractivity contribution in [2.75, 3.05) is 53.1 Å². The Morgan fingerprint density at radius 3 is 2.86 bits per heavy atom. The summed E-state index contributed by atoms with van der Waals surface area (Å²) in [5, 5.41) is 8.27. The van der Waals surface area contributed by atoms with Gasteiger partial charge in [0.15, 0.2) is 17.2 Å². The van der Waals surface area contributed by atoms with Crippen molar-refractivity contribution in [3.05, 3.63) is 35.7 Å². The van der Waals surface area contributed by atoms with Crippen molar-refractivity contribution in [2.45, 2.75) is 19.5 Å². The lowest BCUT2D eigenvalue weighted by atomic mass is 10.1. The molecule has 0 N–H and O–H groups in total. The second-order valence-corrected chi connectivity index (χ2v) is 7.20. The Morgan fingerprint density at radius 1 is 1.17 bits per heavy atom. The monoisotopic (exact) mass is 401 g/mol. The third-order valence-corrected chi connectivity index (χ3v) is 5.25. The molecule has 0 aliphatic carbocycles. The van der Waals surface area contributed by atoms with E-state index in [2.05, 4.69) is 15.2 Å². The second-order valence-electron chi connectivity index (χ2n) is 7.20. The smallest absolute Gasteiger partial charge is 0.276 e. The van der Waals surface area contributed by atoms with E-state index in [1.54, 1.807) is 22.9 Å². The predicted octanol–water partition coefficient (Wildman–Crippen LogP) is 1.04. The molecule has 3 heterocycles. The fourth-order valence-electron chi connectivity index (χ4n) is 3.63. The predicted molar refractivity (Wildman–Crippen MR) is 105 cm³/mol. The number of para-hydroxylation sites is 1. The average molecular weight is 401 g/mol. The van der Waals surface area contributed by atoms with E-state index in [-0.39, 0.29) is 5.91 Å². The third-order valence-electron chi connectivity index (χ3n) is 5.25. The van der Waals surface area contributed by atoms with Crippen molar-refractivity contribution in [2.24, 2.45) is 0 Å². The van der Waals surface area contributed by atoms with E-state index in [4.69, 9.17) is 14.2 Å². The Labute approximate surface area is 170 Å². The largest absolute Gasteiger partial charge is 0.493 e. The molecule has 0 unspecified atom stereocenters. The Balaban J connectivity index is 1.42. The topological polar surface area (TPSA) is 82.0 Å². The molecule has 9 nitrogen and oxygen atoms in total. The van der Waals surface area contributed by atoms with Gasteiger partial charge in [0.2, 0.25) is 0 Å². The van der Waals surface area contributed by atoms with Crippen LogP contribution in [0.5, 0.6) is 11.5 Å². The molecule has 1 saturated heterocycles. The van der Waals surface area contributed by atoms with Gasteiger partial charge in [-0.1, -0.05) is 17.3 Å². The molecule has 2 aliphatic rings. The highest BCUT2D eigenvalue weighted by molar-refractivity contribution is 5.92. The number of carbonyl (C=O) groups excluding carboxylic acids is 1. The van der Waals surface area contributed by atoms with Crippen molar-refractivity contribution in [1.82, 2.24) is 24.8 Å². The van der Waals surface area contributed by atoms with E-state index < -0.39 is 0 Å². The number of methoxy groups -OCH3 is 1. The summed E-state index contributed by atoms with van der Waals surface area (Å²) in [7, 11) is 1.62. The lowest BCUT2D eigenvalue weighted by Gasteiger charge is -2.26. The first kappa shape index (κ1) is 19.7. The molecule has 9 heteroatoms. The Morgan fingerprint density at radius 2 is 2.03 bits per heavy atom. The van der Waals surface area contributed by atoms with Crippen molar-refractivity contribution in [1.29, 1.82) is 0 Å². The molecule has 0 radical (unpaired) electrons. The summed E-state index contributed by atoms with van der Waals surface area (Å²) in [5.41, 5.74) is 1.30. The number of fused-ring (bicyclic) bond motifs is 1. The van der Waals surface area contributed by atoms with Crippen LogP contribution >= 0.6 is 0 Å². The van der Waals surface area contributed by atoms with Crippen LogP contribution in [0, 0.1) is 0 Å². The van der Waals surface area contributed by atoms with Crippen molar-refractivity contribution >= 4 is 5.91 Å². The number of amides is 1. The Bertz CT molecular complexity index is 834. The molecule has 0 bridgehead atoms. The van der Waals surface area contributed by atoms with Crippen molar-refractivity contribution in [3.63, 3.8) is 0 Å². The molecule has 1 fully saturated rings. The average Bonchev–Trinajstić information content (AvgIpc) is 3.22. The fourth-order valence-corrected chi connectivity index (χ4v) is 3.63. The van der Waals surface area contributed by atoms with Gasteiger partial charge in [0.25, 0.3) is 5.91 Å². The van der Waals surface area contributed by atoms with Crippen LogP contribution in [0.15, 0.2) is 24.4 Å². The van der Waals surface area contributed by atoms with E-state index in [9.17, 15) is 4.79 Å². The van der Waals surface area contributed by atoms with Crippen LogP contribution in [0.25, 0.3) is 0 Å². The zero-order valence-electron chi connectivity index (χ0n) is 16.7. The lowest BCUT2D eigenvalue weighted by Crippen LogP contribution is -2.38. The second kappa shape index (κ2) is 9.23. The quantitative estimate of drug-likeness (QED) is 0.740. The van der Waals surface area contributed by atoms with Crippen LogP contribution < -0.4 is 9.47 Å². The van der Waals surface area contributed by atoms with Gasteiger partial charge in [-0.25, -0.2) is 0 Å². The van der Waals surface area contributed by atoms with Gasteiger partial charge < -0.3 is 19.1 Å². The van der Waals surface area contributed by atoms with Crippen LogP contribution in [-0.4, -0.2) is 83.8 Å². The SMILES string of the molecule is COc1cccc2c1OCCCN(C(=O)c1cn(CCN3CCOCC3)nn1)C2. The summed E-state index contributed by atoms with van der Waals surface area (Å²) in [6, 6.07) is 5.74. The highest BCUT2D eigenvalue weighted by Crippen LogP contribution is 2.33. The summed E-state index contributed by atoms with van der Waals surface area (Å²) in [5.74, 6) is 1.28. The Kier molecular flexibility index (Phi) is 6.26. The van der Waals surface area contributed by atoms with E-state index in [0.29, 0.717) is 43.4 Å². The van der Waals surface area contributed by atoms with Gasteiger partial charge in [-0.3, -0.25) is 14.4 Å². The summed E-state index contributed by atoms with van der Waals surface area (Å²) in [6.45, 7) is 6.56. The third kappa shape index (κ3) is 4.68. The molecule has 1 aromatic heterocycles.